The summed E-state index contributed by atoms with van der Waals surface area (Å²) in [7, 11) is 0. The third-order valence-corrected chi connectivity index (χ3v) is 5.50. The number of rotatable bonds is 2. The normalized spacial score (nSPS) is 21.2. The number of nitrogens with two attached hydrogens (primary N) is 1. The highest BCUT2D eigenvalue weighted by atomic mass is 32.1. The molecule has 3 rings (SSSR count). The van der Waals surface area contributed by atoms with Gasteiger partial charge in [-0.15, -0.1) is 11.3 Å². The molecule has 0 aromatic carbocycles. The Morgan fingerprint density at radius 1 is 1.16 bits per heavy atom. The number of aliphatic imine (C=N–C) groups is 1. The van der Waals surface area contributed by atoms with Crippen LogP contribution >= 0.6 is 11.3 Å². The number of hydrogen-bond acceptors (Lipinski definition) is 3. The fourth-order valence-electron chi connectivity index (χ4n) is 3.17. The molecule has 104 valence electrons. The molecule has 0 aliphatic heterocycles. The van der Waals surface area contributed by atoms with E-state index in [4.69, 9.17) is 10.8 Å². The first-order chi connectivity index (χ1) is 9.36. The maximum atomic E-state index is 5.71. The van der Waals surface area contributed by atoms with Gasteiger partial charge in [0.05, 0.1) is 10.9 Å². The molecule has 0 saturated heterocycles. The summed E-state index contributed by atoms with van der Waals surface area (Å²) in [4.78, 5) is 7.64. The Morgan fingerprint density at radius 3 is 2.68 bits per heavy atom. The Labute approximate surface area is 119 Å². The lowest BCUT2D eigenvalue weighted by Gasteiger charge is -2.18. The third kappa shape index (κ3) is 3.00. The topological polar surface area (TPSA) is 50.4 Å². The molecule has 2 aliphatic rings. The second-order valence-corrected chi connectivity index (χ2v) is 6.82. The minimum Gasteiger partial charge on any atom is -0.308 e. The summed E-state index contributed by atoms with van der Waals surface area (Å²) in [5.41, 5.74) is 4.36. The first kappa shape index (κ1) is 13.1. The van der Waals surface area contributed by atoms with Crippen molar-refractivity contribution in [1.82, 2.24) is 5.43 Å². The zero-order valence-corrected chi connectivity index (χ0v) is 12.3. The zero-order chi connectivity index (χ0) is 13.1. The summed E-state index contributed by atoms with van der Waals surface area (Å²) in [6, 6.07) is 2.78. The third-order valence-electron chi connectivity index (χ3n) is 4.25. The number of hydrogen-bond donors (Lipinski definition) is 2. The van der Waals surface area contributed by atoms with Crippen LogP contribution in [0, 0.1) is 0 Å². The smallest absolute Gasteiger partial charge is 0.153 e. The van der Waals surface area contributed by atoms with Crippen molar-refractivity contribution in [2.24, 2.45) is 10.8 Å². The summed E-state index contributed by atoms with van der Waals surface area (Å²) < 4.78 is 0. The van der Waals surface area contributed by atoms with E-state index in [9.17, 15) is 0 Å². The predicted octanol–water partition coefficient (Wildman–Crippen LogP) is 3.17. The van der Waals surface area contributed by atoms with Crippen molar-refractivity contribution in [2.45, 2.75) is 63.8 Å². The molecular weight excluding hydrogens is 254 g/mol. The number of amidine groups is 1. The van der Waals surface area contributed by atoms with Gasteiger partial charge in [0, 0.05) is 4.88 Å². The average Bonchev–Trinajstić information content (AvgIpc) is 2.89. The van der Waals surface area contributed by atoms with E-state index in [1.54, 1.807) is 4.88 Å². The van der Waals surface area contributed by atoms with Gasteiger partial charge in [0.15, 0.2) is 5.84 Å². The van der Waals surface area contributed by atoms with E-state index in [0.717, 1.165) is 5.84 Å². The fraction of sp³-hybridized carbons (Fsp3) is 0.667. The van der Waals surface area contributed by atoms with Gasteiger partial charge in [0.25, 0.3) is 0 Å². The van der Waals surface area contributed by atoms with Crippen molar-refractivity contribution >= 4 is 17.2 Å². The van der Waals surface area contributed by atoms with Crippen molar-refractivity contribution in [1.29, 1.82) is 0 Å². The number of nitrogens with zero attached hydrogens (tertiary/aromatic N) is 1. The standard InChI is InChI=1S/C15H23N3S/c16-18-15(17-12-7-2-1-3-8-12)14-10-11-6-4-5-9-13(11)19-14/h10,12H,1-9,16H2,(H,17,18). The number of thiophene rings is 1. The first-order valence-corrected chi connectivity index (χ1v) is 8.35. The molecule has 0 radical (unpaired) electrons. The quantitative estimate of drug-likeness (QED) is 0.377. The molecule has 1 aromatic heterocycles. The Hall–Kier alpha value is -0.870. The Kier molecular flexibility index (Phi) is 4.18. The molecule has 0 bridgehead atoms. The van der Waals surface area contributed by atoms with Gasteiger partial charge in [-0.2, -0.15) is 0 Å². The van der Waals surface area contributed by atoms with E-state index in [-0.39, 0.29) is 0 Å². The summed E-state index contributed by atoms with van der Waals surface area (Å²) in [5, 5.41) is 0. The number of nitrogens with one attached hydrogen (secondary N) is 1. The summed E-state index contributed by atoms with van der Waals surface area (Å²) in [6.07, 6.45) is 11.6. The van der Waals surface area contributed by atoms with E-state index in [1.807, 2.05) is 11.3 Å². The SMILES string of the molecule is NNC(=NC1CCCCC1)c1cc2c(s1)CCCC2. The van der Waals surface area contributed by atoms with Crippen molar-refractivity contribution < 1.29 is 0 Å². The van der Waals surface area contributed by atoms with E-state index in [2.05, 4.69) is 11.5 Å². The Balaban J connectivity index is 1.80. The zero-order valence-electron chi connectivity index (χ0n) is 11.5. The van der Waals surface area contributed by atoms with Gasteiger partial charge in [-0.25, -0.2) is 5.84 Å². The molecule has 1 aromatic rings. The highest BCUT2D eigenvalue weighted by Crippen LogP contribution is 2.30. The van der Waals surface area contributed by atoms with Crippen LogP contribution in [0.15, 0.2) is 11.1 Å². The Morgan fingerprint density at radius 2 is 1.95 bits per heavy atom. The van der Waals surface area contributed by atoms with Gasteiger partial charge in [0.2, 0.25) is 0 Å². The summed E-state index contributed by atoms with van der Waals surface area (Å²) >= 11 is 1.88. The molecule has 19 heavy (non-hydrogen) atoms. The molecule has 1 heterocycles. The van der Waals surface area contributed by atoms with Crippen molar-refractivity contribution in [2.75, 3.05) is 0 Å². The maximum Gasteiger partial charge on any atom is 0.153 e. The van der Waals surface area contributed by atoms with Gasteiger partial charge in [-0.3, -0.25) is 4.99 Å². The van der Waals surface area contributed by atoms with Gasteiger partial charge in [0.1, 0.15) is 0 Å². The van der Waals surface area contributed by atoms with Crippen LogP contribution in [-0.2, 0) is 12.8 Å². The predicted molar refractivity (Wildman–Crippen MR) is 81.7 cm³/mol. The Bertz CT molecular complexity index is 434. The lowest BCUT2D eigenvalue weighted by atomic mass is 9.96. The van der Waals surface area contributed by atoms with Crippen molar-refractivity contribution in [3.63, 3.8) is 0 Å². The second-order valence-electron chi connectivity index (χ2n) is 5.68. The largest absolute Gasteiger partial charge is 0.308 e. The van der Waals surface area contributed by atoms with Crippen LogP contribution in [-0.4, -0.2) is 11.9 Å². The van der Waals surface area contributed by atoms with E-state index in [1.165, 1.54) is 68.2 Å². The van der Waals surface area contributed by atoms with Crippen LogP contribution in [0.1, 0.15) is 60.3 Å². The number of aryl methyl sites for hydroxylation is 2. The highest BCUT2D eigenvalue weighted by molar-refractivity contribution is 7.14. The van der Waals surface area contributed by atoms with E-state index >= 15 is 0 Å². The molecule has 4 heteroatoms. The van der Waals surface area contributed by atoms with Crippen LogP contribution in [0.3, 0.4) is 0 Å². The average molecular weight is 277 g/mol. The van der Waals surface area contributed by atoms with Crippen LogP contribution in [0.5, 0.6) is 0 Å². The van der Waals surface area contributed by atoms with Gasteiger partial charge in [-0.1, -0.05) is 19.3 Å². The van der Waals surface area contributed by atoms with Crippen LogP contribution in [0.4, 0.5) is 0 Å². The van der Waals surface area contributed by atoms with Crippen molar-refractivity contribution in [3.05, 3.63) is 21.4 Å². The minimum absolute atomic E-state index is 0.471. The molecule has 1 fully saturated rings. The number of fused-ring (bicyclic) bond motifs is 1. The second kappa shape index (κ2) is 6.06. The molecule has 3 N–H and O–H groups in total. The van der Waals surface area contributed by atoms with Gasteiger partial charge < -0.3 is 5.43 Å². The number of hydrazine groups is 1. The van der Waals surface area contributed by atoms with Crippen LogP contribution in [0.25, 0.3) is 0 Å². The van der Waals surface area contributed by atoms with Crippen LogP contribution in [0.2, 0.25) is 0 Å². The molecule has 0 spiro atoms. The summed E-state index contributed by atoms with van der Waals surface area (Å²) in [5.74, 6) is 6.61. The monoisotopic (exact) mass is 277 g/mol. The molecule has 3 nitrogen and oxygen atoms in total. The molecule has 0 unspecified atom stereocenters. The fourth-order valence-corrected chi connectivity index (χ4v) is 4.39. The minimum atomic E-state index is 0.471. The summed E-state index contributed by atoms with van der Waals surface area (Å²) in [6.45, 7) is 0. The van der Waals surface area contributed by atoms with Crippen molar-refractivity contribution in [3.8, 4) is 0 Å². The molecule has 0 amide bonds. The maximum absolute atomic E-state index is 5.71. The molecule has 1 saturated carbocycles. The lowest BCUT2D eigenvalue weighted by molar-refractivity contribution is 0.442. The highest BCUT2D eigenvalue weighted by Gasteiger charge is 2.18. The van der Waals surface area contributed by atoms with Crippen LogP contribution < -0.4 is 11.3 Å². The first-order valence-electron chi connectivity index (χ1n) is 7.53. The van der Waals surface area contributed by atoms with E-state index in [0.29, 0.717) is 6.04 Å². The molecule has 0 atom stereocenters. The molecule has 2 aliphatic carbocycles. The van der Waals surface area contributed by atoms with Gasteiger partial charge >= 0.3 is 0 Å². The molecular formula is C15H23N3S. The lowest BCUT2D eigenvalue weighted by Crippen LogP contribution is -2.32. The van der Waals surface area contributed by atoms with E-state index < -0.39 is 0 Å². The van der Waals surface area contributed by atoms with Gasteiger partial charge in [-0.05, 0) is 50.2 Å².